The minimum atomic E-state index is 0.645. The van der Waals surface area contributed by atoms with E-state index in [1.165, 1.54) is 58.4 Å². The summed E-state index contributed by atoms with van der Waals surface area (Å²) in [5.41, 5.74) is 5.71. The summed E-state index contributed by atoms with van der Waals surface area (Å²) in [5.74, 6) is 1.61. The number of nitrogens with zero attached hydrogens (tertiary/aromatic N) is 2. The van der Waals surface area contributed by atoms with Gasteiger partial charge in [-0.1, -0.05) is 13.8 Å². The first-order valence-corrected chi connectivity index (χ1v) is 7.85. The molecule has 1 saturated heterocycles. The Balaban J connectivity index is 1.70. The van der Waals surface area contributed by atoms with E-state index in [9.17, 15) is 0 Å². The normalized spacial score (nSPS) is 33.5. The third-order valence-electron chi connectivity index (χ3n) is 4.88. The van der Waals surface area contributed by atoms with Crippen molar-refractivity contribution in [1.29, 1.82) is 0 Å². The fourth-order valence-electron chi connectivity index (χ4n) is 3.43. The maximum atomic E-state index is 5.71. The Bertz CT molecular complexity index is 228. The molecule has 0 spiro atoms. The molecule has 0 bridgehead atoms. The topological polar surface area (TPSA) is 32.5 Å². The second kappa shape index (κ2) is 6.88. The van der Waals surface area contributed by atoms with Gasteiger partial charge >= 0.3 is 0 Å². The predicted molar refractivity (Wildman–Crippen MR) is 77.7 cm³/mol. The standard InChI is InChI=1S/C15H31N3/c1-13-3-5-15(6-4-13)18-9-7-17(8-10-18)12-14(2)11-16/h13-15H,3-12,16H2,1-2H3. The summed E-state index contributed by atoms with van der Waals surface area (Å²) in [6.07, 6.45) is 5.74. The van der Waals surface area contributed by atoms with Gasteiger partial charge in [0.1, 0.15) is 0 Å². The lowest BCUT2D eigenvalue weighted by Crippen LogP contribution is -2.52. The van der Waals surface area contributed by atoms with Crippen LogP contribution in [0.5, 0.6) is 0 Å². The Morgan fingerprint density at radius 2 is 1.67 bits per heavy atom. The summed E-state index contributed by atoms with van der Waals surface area (Å²) in [6, 6.07) is 0.885. The van der Waals surface area contributed by atoms with E-state index in [0.29, 0.717) is 5.92 Å². The molecule has 1 aliphatic heterocycles. The van der Waals surface area contributed by atoms with Crippen LogP contribution in [0.1, 0.15) is 39.5 Å². The number of hydrogen-bond acceptors (Lipinski definition) is 3. The van der Waals surface area contributed by atoms with Crippen molar-refractivity contribution in [2.75, 3.05) is 39.3 Å². The van der Waals surface area contributed by atoms with Crippen LogP contribution in [0.15, 0.2) is 0 Å². The first-order chi connectivity index (χ1) is 8.69. The molecule has 3 nitrogen and oxygen atoms in total. The average molecular weight is 253 g/mol. The number of hydrogen-bond donors (Lipinski definition) is 1. The molecule has 0 amide bonds. The highest BCUT2D eigenvalue weighted by molar-refractivity contribution is 4.82. The van der Waals surface area contributed by atoms with Crippen LogP contribution >= 0.6 is 0 Å². The van der Waals surface area contributed by atoms with Gasteiger partial charge in [-0.15, -0.1) is 0 Å². The molecule has 0 radical (unpaired) electrons. The molecule has 3 heteroatoms. The monoisotopic (exact) mass is 253 g/mol. The predicted octanol–water partition coefficient (Wildman–Crippen LogP) is 1.78. The molecule has 106 valence electrons. The van der Waals surface area contributed by atoms with Gasteiger partial charge in [0.25, 0.3) is 0 Å². The Labute approximate surface area is 113 Å². The largest absolute Gasteiger partial charge is 0.330 e. The van der Waals surface area contributed by atoms with Gasteiger partial charge in [-0.2, -0.15) is 0 Å². The van der Waals surface area contributed by atoms with Crippen LogP contribution in [0.25, 0.3) is 0 Å². The molecule has 0 aromatic rings. The van der Waals surface area contributed by atoms with Crippen molar-refractivity contribution < 1.29 is 0 Å². The van der Waals surface area contributed by atoms with E-state index in [4.69, 9.17) is 5.73 Å². The van der Waals surface area contributed by atoms with Crippen LogP contribution in [0.4, 0.5) is 0 Å². The summed E-state index contributed by atoms with van der Waals surface area (Å²) in [6.45, 7) is 11.7. The molecule has 2 fully saturated rings. The number of piperazine rings is 1. The van der Waals surface area contributed by atoms with Gasteiger partial charge in [-0.3, -0.25) is 4.90 Å². The molecular weight excluding hydrogens is 222 g/mol. The molecule has 1 atom stereocenters. The highest BCUT2D eigenvalue weighted by Crippen LogP contribution is 2.27. The van der Waals surface area contributed by atoms with E-state index in [0.717, 1.165) is 18.5 Å². The van der Waals surface area contributed by atoms with Gasteiger partial charge < -0.3 is 10.6 Å². The quantitative estimate of drug-likeness (QED) is 0.829. The number of nitrogens with two attached hydrogens (primary N) is 1. The third kappa shape index (κ3) is 3.94. The van der Waals surface area contributed by atoms with Crippen molar-refractivity contribution in [3.63, 3.8) is 0 Å². The summed E-state index contributed by atoms with van der Waals surface area (Å²) in [5, 5.41) is 0. The Hall–Kier alpha value is -0.120. The molecule has 1 aliphatic carbocycles. The average Bonchev–Trinajstić information content (AvgIpc) is 2.40. The van der Waals surface area contributed by atoms with Gasteiger partial charge in [-0.25, -0.2) is 0 Å². The molecular formula is C15H31N3. The van der Waals surface area contributed by atoms with Crippen LogP contribution < -0.4 is 5.73 Å². The zero-order chi connectivity index (χ0) is 13.0. The maximum Gasteiger partial charge on any atom is 0.0113 e. The lowest BCUT2D eigenvalue weighted by molar-refractivity contribution is 0.0666. The molecule has 2 rings (SSSR count). The fourth-order valence-corrected chi connectivity index (χ4v) is 3.43. The van der Waals surface area contributed by atoms with Crippen molar-refractivity contribution in [2.45, 2.75) is 45.6 Å². The SMILES string of the molecule is CC1CCC(N2CCN(CC(C)CN)CC2)CC1. The van der Waals surface area contributed by atoms with Gasteiger partial charge in [0, 0.05) is 38.8 Å². The smallest absolute Gasteiger partial charge is 0.0113 e. The van der Waals surface area contributed by atoms with E-state index in [1.54, 1.807) is 0 Å². The van der Waals surface area contributed by atoms with Gasteiger partial charge in [0.2, 0.25) is 0 Å². The third-order valence-corrected chi connectivity index (χ3v) is 4.88. The van der Waals surface area contributed by atoms with E-state index >= 15 is 0 Å². The zero-order valence-electron chi connectivity index (χ0n) is 12.3. The minimum Gasteiger partial charge on any atom is -0.330 e. The van der Waals surface area contributed by atoms with Crippen LogP contribution in [0.3, 0.4) is 0 Å². The summed E-state index contributed by atoms with van der Waals surface area (Å²) < 4.78 is 0. The van der Waals surface area contributed by atoms with Crippen LogP contribution in [0.2, 0.25) is 0 Å². The Kier molecular flexibility index (Phi) is 5.46. The highest BCUT2D eigenvalue weighted by atomic mass is 15.3. The Morgan fingerprint density at radius 1 is 1.06 bits per heavy atom. The van der Waals surface area contributed by atoms with Crippen LogP contribution in [0, 0.1) is 11.8 Å². The second-order valence-electron chi connectivity index (χ2n) is 6.59. The van der Waals surface area contributed by atoms with Crippen molar-refractivity contribution in [3.8, 4) is 0 Å². The molecule has 0 aromatic heterocycles. The lowest BCUT2D eigenvalue weighted by atomic mass is 9.86. The van der Waals surface area contributed by atoms with Gasteiger partial charge in [0.15, 0.2) is 0 Å². The summed E-state index contributed by atoms with van der Waals surface area (Å²) >= 11 is 0. The fraction of sp³-hybridized carbons (Fsp3) is 1.00. The van der Waals surface area contributed by atoms with Gasteiger partial charge in [-0.05, 0) is 44.1 Å². The summed E-state index contributed by atoms with van der Waals surface area (Å²) in [7, 11) is 0. The molecule has 0 aromatic carbocycles. The van der Waals surface area contributed by atoms with Crippen molar-refractivity contribution >= 4 is 0 Å². The van der Waals surface area contributed by atoms with Gasteiger partial charge in [0.05, 0.1) is 0 Å². The van der Waals surface area contributed by atoms with E-state index in [1.807, 2.05) is 0 Å². The molecule has 1 heterocycles. The summed E-state index contributed by atoms with van der Waals surface area (Å²) in [4.78, 5) is 5.34. The van der Waals surface area contributed by atoms with Crippen LogP contribution in [-0.4, -0.2) is 55.1 Å². The van der Waals surface area contributed by atoms with E-state index in [2.05, 4.69) is 23.6 Å². The molecule has 18 heavy (non-hydrogen) atoms. The van der Waals surface area contributed by atoms with E-state index < -0.39 is 0 Å². The molecule has 2 N–H and O–H groups in total. The second-order valence-corrected chi connectivity index (χ2v) is 6.59. The first-order valence-electron chi connectivity index (χ1n) is 7.85. The molecule has 2 aliphatic rings. The van der Waals surface area contributed by atoms with Crippen molar-refractivity contribution in [3.05, 3.63) is 0 Å². The number of rotatable bonds is 4. The molecule has 1 unspecified atom stereocenters. The first kappa shape index (κ1) is 14.3. The Morgan fingerprint density at radius 3 is 2.22 bits per heavy atom. The van der Waals surface area contributed by atoms with E-state index in [-0.39, 0.29) is 0 Å². The zero-order valence-corrected chi connectivity index (χ0v) is 12.3. The van der Waals surface area contributed by atoms with Crippen molar-refractivity contribution in [2.24, 2.45) is 17.6 Å². The minimum absolute atomic E-state index is 0.645. The van der Waals surface area contributed by atoms with Crippen LogP contribution in [-0.2, 0) is 0 Å². The lowest BCUT2D eigenvalue weighted by Gasteiger charge is -2.42. The molecule has 1 saturated carbocycles. The van der Waals surface area contributed by atoms with Crippen molar-refractivity contribution in [1.82, 2.24) is 9.80 Å². The maximum absolute atomic E-state index is 5.71. The highest BCUT2D eigenvalue weighted by Gasteiger charge is 2.27.